The number of hydrogen-bond donors (Lipinski definition) is 1. The third-order valence-corrected chi connectivity index (χ3v) is 10.6. The number of amides is 1. The minimum absolute atomic E-state index is 0.0906. The monoisotopic (exact) mass is 579 g/mol. The van der Waals surface area contributed by atoms with Crippen LogP contribution in [0.1, 0.15) is 112 Å². The normalized spacial score (nSPS) is 24.0. The van der Waals surface area contributed by atoms with Gasteiger partial charge in [-0.05, 0) is 87.9 Å². The van der Waals surface area contributed by atoms with Crippen molar-refractivity contribution in [3.63, 3.8) is 0 Å². The largest absolute Gasteiger partial charge is 0.445 e. The number of hydrogen-bond acceptors (Lipinski definition) is 4. The molecule has 1 fully saturated rings. The molecule has 1 N–H and O–H groups in total. The summed E-state index contributed by atoms with van der Waals surface area (Å²) < 4.78 is 6.22. The van der Waals surface area contributed by atoms with Crippen LogP contribution in [0, 0.1) is 23.7 Å². The molecular formula is C37H61N3O2. The number of likely N-dealkylation sites (tertiary alicyclic amines) is 1. The zero-order chi connectivity index (χ0) is 30.7. The maximum absolute atomic E-state index is 12.7. The molecule has 1 aliphatic carbocycles. The highest BCUT2D eigenvalue weighted by Gasteiger charge is 2.52. The molecule has 0 bridgehead atoms. The van der Waals surface area contributed by atoms with Gasteiger partial charge in [0.25, 0.3) is 0 Å². The summed E-state index contributed by atoms with van der Waals surface area (Å²) in [5, 5.41) is 2.73. The molecule has 42 heavy (non-hydrogen) atoms. The van der Waals surface area contributed by atoms with Gasteiger partial charge in [-0.1, -0.05) is 90.3 Å². The van der Waals surface area contributed by atoms with Crippen LogP contribution in [0.25, 0.3) is 0 Å². The van der Waals surface area contributed by atoms with Crippen molar-refractivity contribution < 1.29 is 9.53 Å². The molecule has 1 aliphatic heterocycles. The average molecular weight is 580 g/mol. The molecule has 1 heterocycles. The first-order chi connectivity index (χ1) is 20.2. The van der Waals surface area contributed by atoms with Gasteiger partial charge in [-0.2, -0.15) is 0 Å². The molecule has 6 atom stereocenters. The summed E-state index contributed by atoms with van der Waals surface area (Å²) in [6, 6.07) is 11.3. The zero-order valence-corrected chi connectivity index (χ0v) is 28.1. The molecule has 5 heteroatoms. The number of benzene rings is 1. The minimum atomic E-state index is -0.333. The first-order valence-corrected chi connectivity index (χ1v) is 17.1. The van der Waals surface area contributed by atoms with Crippen LogP contribution in [-0.2, 0) is 10.2 Å². The van der Waals surface area contributed by atoms with E-state index in [1.165, 1.54) is 55.5 Å². The Hall–Kier alpha value is -2.14. The van der Waals surface area contributed by atoms with Crippen LogP contribution in [0.15, 0.2) is 47.0 Å². The summed E-state index contributed by atoms with van der Waals surface area (Å²) in [4.78, 5) is 20.5. The molecule has 1 amide bonds. The predicted octanol–water partition coefficient (Wildman–Crippen LogP) is 8.83. The smallest absolute Gasteiger partial charge is 0.407 e. The van der Waals surface area contributed by atoms with Crippen LogP contribution in [-0.4, -0.2) is 55.5 Å². The van der Waals surface area contributed by atoms with Crippen LogP contribution in [0.4, 0.5) is 4.79 Å². The Morgan fingerprint density at radius 3 is 2.36 bits per heavy atom. The number of alkyl carbamates (subject to hydrolysis) is 1. The second-order valence-corrected chi connectivity index (χ2v) is 13.3. The number of nitrogens with one attached hydrogen (secondary N) is 1. The van der Waals surface area contributed by atoms with Gasteiger partial charge in [0.15, 0.2) is 0 Å². The summed E-state index contributed by atoms with van der Waals surface area (Å²) in [6.45, 7) is 19.4. The van der Waals surface area contributed by atoms with E-state index in [0.29, 0.717) is 5.92 Å². The van der Waals surface area contributed by atoms with E-state index >= 15 is 0 Å². The van der Waals surface area contributed by atoms with Crippen LogP contribution in [0.3, 0.4) is 0 Å². The van der Waals surface area contributed by atoms with Crippen LogP contribution in [0.5, 0.6) is 0 Å². The molecule has 2 aliphatic rings. The average Bonchev–Trinajstić information content (AvgIpc) is 3.44. The molecule has 236 valence electrons. The lowest BCUT2D eigenvalue weighted by Crippen LogP contribution is -2.51. The van der Waals surface area contributed by atoms with Gasteiger partial charge >= 0.3 is 6.09 Å². The van der Waals surface area contributed by atoms with E-state index in [4.69, 9.17) is 9.73 Å². The Kier molecular flexibility index (Phi) is 13.6. The summed E-state index contributed by atoms with van der Waals surface area (Å²) in [7, 11) is 1.66. The van der Waals surface area contributed by atoms with Crippen molar-refractivity contribution in [2.75, 3.05) is 26.7 Å². The molecule has 3 unspecified atom stereocenters. The quantitative estimate of drug-likeness (QED) is 0.167. The number of ether oxygens (including phenoxy) is 1. The second kappa shape index (κ2) is 16.6. The van der Waals surface area contributed by atoms with E-state index in [-0.39, 0.29) is 29.6 Å². The zero-order valence-electron chi connectivity index (χ0n) is 28.1. The Labute approximate surface area is 258 Å². The minimum Gasteiger partial charge on any atom is -0.445 e. The van der Waals surface area contributed by atoms with Gasteiger partial charge in [0, 0.05) is 37.1 Å². The van der Waals surface area contributed by atoms with E-state index in [1.807, 2.05) is 0 Å². The van der Waals surface area contributed by atoms with Crippen molar-refractivity contribution in [1.82, 2.24) is 10.2 Å². The van der Waals surface area contributed by atoms with Gasteiger partial charge in [-0.15, -0.1) is 0 Å². The van der Waals surface area contributed by atoms with E-state index in [2.05, 4.69) is 95.1 Å². The van der Waals surface area contributed by atoms with E-state index in [9.17, 15) is 4.79 Å². The lowest BCUT2D eigenvalue weighted by atomic mass is 9.57. The molecule has 0 saturated carbocycles. The van der Waals surface area contributed by atoms with Gasteiger partial charge in [-0.25, -0.2) is 4.79 Å². The van der Waals surface area contributed by atoms with Crippen LogP contribution >= 0.6 is 0 Å². The molecule has 1 aromatic rings. The van der Waals surface area contributed by atoms with Crippen molar-refractivity contribution >= 4 is 11.8 Å². The fourth-order valence-electron chi connectivity index (χ4n) is 7.85. The molecule has 0 aromatic heterocycles. The lowest BCUT2D eigenvalue weighted by molar-refractivity contribution is 0.0167. The molecule has 0 spiro atoms. The van der Waals surface area contributed by atoms with Crippen LogP contribution < -0.4 is 5.32 Å². The highest BCUT2D eigenvalue weighted by Crippen LogP contribution is 2.53. The molecular weight excluding hydrogens is 518 g/mol. The molecule has 3 rings (SSSR count). The van der Waals surface area contributed by atoms with Gasteiger partial charge < -0.3 is 15.0 Å². The number of rotatable bonds is 15. The standard InChI is InChI=1S/C37H61N3O2/c1-9-20-37(32-16-14-13-15-17-32,33-18-21-40(22-19-33)26-30(12-4)23-27(5)10-2)34-24-31(29(7)39-28(6)11-3)25-35(34)42-36(41)38-8/h13-17,24,27,29-30,33-35H,9-12,18-23,25-26H2,1-8H3,(H,38,41)/t27?,29?,30?,34-,35-,37+/m0/s1. The van der Waals surface area contributed by atoms with Crippen LogP contribution in [0.2, 0.25) is 0 Å². The van der Waals surface area contributed by atoms with E-state index < -0.39 is 0 Å². The van der Waals surface area contributed by atoms with E-state index in [0.717, 1.165) is 50.6 Å². The fraction of sp³-hybridized carbons (Fsp3) is 0.730. The lowest BCUT2D eigenvalue weighted by Gasteiger charge is -2.50. The summed E-state index contributed by atoms with van der Waals surface area (Å²) in [5.41, 5.74) is 3.80. The van der Waals surface area contributed by atoms with Crippen molar-refractivity contribution in [2.24, 2.45) is 28.7 Å². The highest BCUT2D eigenvalue weighted by molar-refractivity contribution is 5.81. The third-order valence-electron chi connectivity index (χ3n) is 10.6. The van der Waals surface area contributed by atoms with Crippen molar-refractivity contribution in [3.8, 4) is 0 Å². The summed E-state index contributed by atoms with van der Waals surface area (Å²) >= 11 is 0. The first kappa shape index (κ1) is 34.4. The molecule has 0 radical (unpaired) electrons. The SMILES string of the molecule is CCC[C@@](c1ccccc1)(C1CCN(CC(CC)CC(C)CC)CC1)[C@H]1C=C(C(C)N=C(C)CC)C[C@@H]1OC(=O)NC. The van der Waals surface area contributed by atoms with Crippen molar-refractivity contribution in [1.29, 1.82) is 0 Å². The van der Waals surface area contributed by atoms with Gasteiger partial charge in [0.1, 0.15) is 6.10 Å². The number of aliphatic imine (C=N–C) groups is 1. The van der Waals surface area contributed by atoms with E-state index in [1.54, 1.807) is 7.05 Å². The number of nitrogens with zero attached hydrogens (tertiary/aromatic N) is 2. The first-order valence-electron chi connectivity index (χ1n) is 17.1. The Balaban J connectivity index is 1.99. The Morgan fingerprint density at radius 1 is 1.10 bits per heavy atom. The Bertz CT molecular complexity index is 1010. The fourth-order valence-corrected chi connectivity index (χ4v) is 7.85. The highest BCUT2D eigenvalue weighted by atomic mass is 16.6. The second-order valence-electron chi connectivity index (χ2n) is 13.3. The molecule has 1 saturated heterocycles. The van der Waals surface area contributed by atoms with Gasteiger partial charge in [0.2, 0.25) is 0 Å². The molecule has 1 aromatic carbocycles. The number of piperidine rings is 1. The summed E-state index contributed by atoms with van der Waals surface area (Å²) in [5.74, 6) is 2.23. The topological polar surface area (TPSA) is 53.9 Å². The number of carbonyl (C=O) groups excluding carboxylic acids is 1. The van der Waals surface area contributed by atoms with Crippen molar-refractivity contribution in [3.05, 3.63) is 47.5 Å². The summed E-state index contributed by atoms with van der Waals surface area (Å²) in [6.07, 6.45) is 12.1. The number of carbonyl (C=O) groups is 1. The Morgan fingerprint density at radius 2 is 1.79 bits per heavy atom. The van der Waals surface area contributed by atoms with Gasteiger partial charge in [0.05, 0.1) is 6.04 Å². The maximum atomic E-state index is 12.7. The van der Waals surface area contributed by atoms with Crippen molar-refractivity contribution in [2.45, 2.75) is 124 Å². The third kappa shape index (κ3) is 8.49. The molecule has 5 nitrogen and oxygen atoms in total. The van der Waals surface area contributed by atoms with Gasteiger partial charge in [-0.3, -0.25) is 4.99 Å². The maximum Gasteiger partial charge on any atom is 0.407 e. The predicted molar refractivity (Wildman–Crippen MR) is 178 cm³/mol.